The van der Waals surface area contributed by atoms with Crippen molar-refractivity contribution in [3.05, 3.63) is 41.5 Å². The molecule has 0 fully saturated rings. The minimum absolute atomic E-state index is 0.103. The molecule has 0 atom stereocenters. The Morgan fingerprint density at radius 3 is 2.52 bits per heavy atom. The maximum atomic E-state index is 11.9. The van der Waals surface area contributed by atoms with Crippen molar-refractivity contribution in [2.45, 2.75) is 25.6 Å². The monoisotopic (exact) mass is 301 g/mol. The fourth-order valence-electron chi connectivity index (χ4n) is 1.64. The topological polar surface area (TPSA) is 74.2 Å². The van der Waals surface area contributed by atoms with Crippen LogP contribution >= 0.6 is 0 Å². The summed E-state index contributed by atoms with van der Waals surface area (Å²) in [4.78, 5) is 3.97. The van der Waals surface area contributed by atoms with E-state index in [9.17, 15) is 13.2 Å². The number of nitrogens with zero attached hydrogens (tertiary/aromatic N) is 2. The average molecular weight is 301 g/mol. The molecule has 2 N–H and O–H groups in total. The molecule has 1 aromatic heterocycles. The summed E-state index contributed by atoms with van der Waals surface area (Å²) in [5.74, 6) is 0.462. The predicted octanol–water partition coefficient (Wildman–Crippen LogP) is 2.52. The van der Waals surface area contributed by atoms with Crippen LogP contribution in [0.5, 0.6) is 0 Å². The zero-order valence-electron chi connectivity index (χ0n) is 11.1. The van der Waals surface area contributed by atoms with Crippen LogP contribution in [0.2, 0.25) is 0 Å². The maximum Gasteiger partial charge on any atom is 0.411 e. The van der Waals surface area contributed by atoms with Gasteiger partial charge in [0.2, 0.25) is 5.89 Å². The molecular formula is C13H14F3N3O2. The van der Waals surface area contributed by atoms with E-state index in [1.165, 1.54) is 0 Å². The molecule has 0 amide bonds. The molecule has 5 nitrogen and oxygen atoms in total. The van der Waals surface area contributed by atoms with E-state index in [0.29, 0.717) is 24.4 Å². The first kappa shape index (κ1) is 15.3. The van der Waals surface area contributed by atoms with Gasteiger partial charge in [-0.2, -0.15) is 18.2 Å². The normalized spacial score (nSPS) is 11.8. The zero-order valence-corrected chi connectivity index (χ0v) is 11.1. The molecule has 21 heavy (non-hydrogen) atoms. The smallest absolute Gasteiger partial charge is 0.399 e. The minimum atomic E-state index is -4.36. The van der Waals surface area contributed by atoms with E-state index >= 15 is 0 Å². The predicted molar refractivity (Wildman–Crippen MR) is 68.3 cm³/mol. The van der Waals surface area contributed by atoms with Gasteiger partial charge in [-0.15, -0.1) is 0 Å². The second-order valence-electron chi connectivity index (χ2n) is 4.45. The van der Waals surface area contributed by atoms with E-state index in [4.69, 9.17) is 10.3 Å². The molecule has 114 valence electrons. The number of benzene rings is 1. The molecule has 0 bridgehead atoms. The Hall–Kier alpha value is -2.09. The molecule has 0 spiro atoms. The first-order valence-electron chi connectivity index (χ1n) is 6.23. The number of alkyl halides is 3. The lowest BCUT2D eigenvalue weighted by Gasteiger charge is -2.04. The quantitative estimate of drug-likeness (QED) is 0.830. The highest BCUT2D eigenvalue weighted by atomic mass is 19.4. The number of ether oxygens (including phenoxy) is 1. The van der Waals surface area contributed by atoms with E-state index in [1.807, 2.05) is 12.1 Å². The molecule has 1 aromatic carbocycles. The summed E-state index contributed by atoms with van der Waals surface area (Å²) in [6, 6.07) is 7.36. The summed E-state index contributed by atoms with van der Waals surface area (Å²) in [6.07, 6.45) is -3.19. The van der Waals surface area contributed by atoms with Gasteiger partial charge in [-0.3, -0.25) is 0 Å². The van der Waals surface area contributed by atoms with Gasteiger partial charge in [0.25, 0.3) is 0 Å². The van der Waals surface area contributed by atoms with Crippen LogP contribution in [-0.4, -0.2) is 22.9 Å². The summed E-state index contributed by atoms with van der Waals surface area (Å²) < 4.78 is 45.1. The van der Waals surface area contributed by atoms with E-state index < -0.39 is 12.8 Å². The molecule has 0 saturated carbocycles. The third-order valence-electron chi connectivity index (χ3n) is 2.61. The van der Waals surface area contributed by atoms with Crippen LogP contribution in [0, 0.1) is 0 Å². The fraction of sp³-hybridized carbons (Fsp3) is 0.385. The molecule has 0 unspecified atom stereocenters. The number of anilines is 1. The van der Waals surface area contributed by atoms with E-state index in [0.717, 1.165) is 5.56 Å². The summed E-state index contributed by atoms with van der Waals surface area (Å²) in [5.41, 5.74) is 7.31. The molecule has 0 aliphatic carbocycles. The van der Waals surface area contributed by atoms with Gasteiger partial charge < -0.3 is 15.0 Å². The van der Waals surface area contributed by atoms with E-state index in [1.54, 1.807) is 12.1 Å². The van der Waals surface area contributed by atoms with Crippen molar-refractivity contribution in [3.8, 4) is 0 Å². The lowest BCUT2D eigenvalue weighted by atomic mass is 10.1. The molecule has 1 heterocycles. The maximum absolute atomic E-state index is 11.9. The van der Waals surface area contributed by atoms with Gasteiger partial charge in [0.05, 0.1) is 0 Å². The highest BCUT2D eigenvalue weighted by Crippen LogP contribution is 2.15. The van der Waals surface area contributed by atoms with Crippen LogP contribution in [0.15, 0.2) is 28.8 Å². The van der Waals surface area contributed by atoms with Crippen LogP contribution < -0.4 is 5.73 Å². The zero-order chi connectivity index (χ0) is 15.3. The highest BCUT2D eigenvalue weighted by molar-refractivity contribution is 5.39. The van der Waals surface area contributed by atoms with Gasteiger partial charge in [0, 0.05) is 12.1 Å². The van der Waals surface area contributed by atoms with Crippen molar-refractivity contribution in [2.24, 2.45) is 0 Å². The second-order valence-corrected chi connectivity index (χ2v) is 4.45. The third kappa shape index (κ3) is 5.42. The Morgan fingerprint density at radius 1 is 1.14 bits per heavy atom. The number of rotatable bonds is 6. The number of aromatic nitrogens is 2. The summed E-state index contributed by atoms with van der Waals surface area (Å²) >= 11 is 0. The molecular weight excluding hydrogens is 287 g/mol. The van der Waals surface area contributed by atoms with Crippen molar-refractivity contribution in [1.29, 1.82) is 0 Å². The molecule has 0 aliphatic rings. The number of aryl methyl sites for hydroxylation is 2. The Labute approximate surface area is 118 Å². The lowest BCUT2D eigenvalue weighted by Crippen LogP contribution is -2.16. The number of nitrogens with two attached hydrogens (primary N) is 1. The first-order chi connectivity index (χ1) is 9.92. The van der Waals surface area contributed by atoms with Gasteiger partial charge in [-0.1, -0.05) is 17.3 Å². The van der Waals surface area contributed by atoms with Crippen LogP contribution in [-0.2, 0) is 24.2 Å². The number of hydrogen-bond donors (Lipinski definition) is 1. The fourth-order valence-corrected chi connectivity index (χ4v) is 1.64. The second kappa shape index (κ2) is 6.57. The van der Waals surface area contributed by atoms with E-state index in [2.05, 4.69) is 14.9 Å². The van der Waals surface area contributed by atoms with Crippen LogP contribution in [0.3, 0.4) is 0 Å². The molecule has 2 rings (SSSR count). The van der Waals surface area contributed by atoms with Crippen molar-refractivity contribution < 1.29 is 22.4 Å². The van der Waals surface area contributed by atoms with Gasteiger partial charge in [0.15, 0.2) is 5.82 Å². The number of hydrogen-bond acceptors (Lipinski definition) is 5. The number of halogens is 3. The Morgan fingerprint density at radius 2 is 1.86 bits per heavy atom. The highest BCUT2D eigenvalue weighted by Gasteiger charge is 2.27. The molecule has 0 aliphatic heterocycles. The molecule has 2 aromatic rings. The van der Waals surface area contributed by atoms with Gasteiger partial charge in [-0.05, 0) is 24.1 Å². The summed E-state index contributed by atoms with van der Waals surface area (Å²) in [5, 5.41) is 3.56. The molecule has 8 heteroatoms. The van der Waals surface area contributed by atoms with Crippen LogP contribution in [0.25, 0.3) is 0 Å². The Bertz CT molecular complexity index is 567. The SMILES string of the molecule is Nc1ccc(CCc2nc(COCC(F)(F)F)no2)cc1. The standard InChI is InChI=1S/C13H14F3N3O2/c14-13(15,16)8-20-7-11-18-12(21-19-11)6-3-9-1-4-10(17)5-2-9/h1-2,4-5H,3,6-8,17H2. The van der Waals surface area contributed by atoms with Crippen LogP contribution in [0.4, 0.5) is 18.9 Å². The summed E-state index contributed by atoms with van der Waals surface area (Å²) in [6.45, 7) is -1.66. The lowest BCUT2D eigenvalue weighted by molar-refractivity contribution is -0.177. The number of nitrogen functional groups attached to an aromatic ring is 1. The van der Waals surface area contributed by atoms with Crippen molar-refractivity contribution in [1.82, 2.24) is 10.1 Å². The molecule has 0 saturated heterocycles. The van der Waals surface area contributed by atoms with Crippen molar-refractivity contribution >= 4 is 5.69 Å². The first-order valence-corrected chi connectivity index (χ1v) is 6.23. The van der Waals surface area contributed by atoms with Crippen molar-refractivity contribution in [2.75, 3.05) is 12.3 Å². The van der Waals surface area contributed by atoms with Gasteiger partial charge in [0.1, 0.15) is 13.2 Å². The third-order valence-corrected chi connectivity index (χ3v) is 2.61. The minimum Gasteiger partial charge on any atom is -0.399 e. The van der Waals surface area contributed by atoms with E-state index in [-0.39, 0.29) is 12.4 Å². The Balaban J connectivity index is 1.79. The van der Waals surface area contributed by atoms with Gasteiger partial charge in [-0.25, -0.2) is 0 Å². The Kier molecular flexibility index (Phi) is 4.79. The molecule has 0 radical (unpaired) electrons. The van der Waals surface area contributed by atoms with Gasteiger partial charge >= 0.3 is 6.18 Å². The summed E-state index contributed by atoms with van der Waals surface area (Å²) in [7, 11) is 0. The largest absolute Gasteiger partial charge is 0.411 e. The average Bonchev–Trinajstić information content (AvgIpc) is 2.85. The van der Waals surface area contributed by atoms with Crippen molar-refractivity contribution in [3.63, 3.8) is 0 Å². The van der Waals surface area contributed by atoms with Crippen LogP contribution in [0.1, 0.15) is 17.3 Å².